The summed E-state index contributed by atoms with van der Waals surface area (Å²) in [7, 11) is 1.69. The second-order valence-electron chi connectivity index (χ2n) is 7.46. The van der Waals surface area contributed by atoms with E-state index in [4.69, 9.17) is 4.74 Å². The van der Waals surface area contributed by atoms with Gasteiger partial charge in [-0.1, -0.05) is 25.0 Å². The number of piperidine rings is 1. The van der Waals surface area contributed by atoms with Crippen molar-refractivity contribution in [1.29, 1.82) is 0 Å². The van der Waals surface area contributed by atoms with Crippen LogP contribution in [0.25, 0.3) is 0 Å². The highest BCUT2D eigenvalue weighted by molar-refractivity contribution is 5.85. The number of carbonyl (C=O) groups excluding carboxylic acids is 1. The largest absolute Gasteiger partial charge is 0.497 e. The number of hydrogen-bond donors (Lipinski definition) is 1. The van der Waals surface area contributed by atoms with Crippen molar-refractivity contribution in [2.45, 2.75) is 57.4 Å². The van der Waals surface area contributed by atoms with E-state index in [1.165, 1.54) is 31.2 Å². The third-order valence-electron chi connectivity index (χ3n) is 5.80. The maximum Gasteiger partial charge on any atom is 0.223 e. The molecule has 0 aliphatic carbocycles. The highest BCUT2D eigenvalue weighted by atomic mass is 35.5. The van der Waals surface area contributed by atoms with E-state index in [0.717, 1.165) is 50.6 Å². The van der Waals surface area contributed by atoms with Crippen LogP contribution in [0.5, 0.6) is 5.75 Å². The number of ether oxygens (including phenoxy) is 1. The molecule has 1 aromatic rings. The maximum absolute atomic E-state index is 13.0. The molecular weight excluding hydrogens is 348 g/mol. The van der Waals surface area contributed by atoms with Crippen molar-refractivity contribution >= 4 is 18.3 Å². The Kier molecular flexibility index (Phi) is 8.73. The summed E-state index contributed by atoms with van der Waals surface area (Å²) in [6, 6.07) is 8.51. The molecule has 1 aromatic carbocycles. The third-order valence-corrected chi connectivity index (χ3v) is 5.80. The molecule has 2 fully saturated rings. The normalized spacial score (nSPS) is 21.6. The summed E-state index contributed by atoms with van der Waals surface area (Å²) in [5, 5.41) is 3.41. The molecule has 4 nitrogen and oxygen atoms in total. The first-order valence-corrected chi connectivity index (χ1v) is 9.92. The number of hydrogen-bond acceptors (Lipinski definition) is 3. The number of rotatable bonds is 5. The maximum atomic E-state index is 13.0. The molecule has 2 saturated heterocycles. The fourth-order valence-corrected chi connectivity index (χ4v) is 4.22. The lowest BCUT2D eigenvalue weighted by atomic mass is 9.92. The average molecular weight is 381 g/mol. The molecule has 2 aliphatic heterocycles. The van der Waals surface area contributed by atoms with E-state index in [1.807, 2.05) is 12.1 Å². The van der Waals surface area contributed by atoms with Gasteiger partial charge in [-0.05, 0) is 68.8 Å². The van der Waals surface area contributed by atoms with Gasteiger partial charge in [0.15, 0.2) is 0 Å². The first-order chi connectivity index (χ1) is 12.3. The molecule has 0 spiro atoms. The van der Waals surface area contributed by atoms with Gasteiger partial charge in [0.25, 0.3) is 0 Å². The van der Waals surface area contributed by atoms with Crippen LogP contribution in [0.3, 0.4) is 0 Å². The Hall–Kier alpha value is -1.26. The number of nitrogens with zero attached hydrogens (tertiary/aromatic N) is 1. The number of carbonyl (C=O) groups is 1. The Balaban J connectivity index is 0.00000243. The molecule has 1 atom stereocenters. The summed E-state index contributed by atoms with van der Waals surface area (Å²) in [6.07, 6.45) is 8.82. The predicted octanol–water partition coefficient (Wildman–Crippen LogP) is 4.34. The molecular formula is C21H33ClN2O2. The Morgan fingerprint density at radius 3 is 2.54 bits per heavy atom. The van der Waals surface area contributed by atoms with Crippen LogP contribution < -0.4 is 10.1 Å². The van der Waals surface area contributed by atoms with Crippen LogP contribution >= 0.6 is 12.4 Å². The summed E-state index contributed by atoms with van der Waals surface area (Å²) >= 11 is 0. The van der Waals surface area contributed by atoms with Crippen LogP contribution in [0, 0.1) is 5.92 Å². The van der Waals surface area contributed by atoms with E-state index in [1.54, 1.807) is 7.11 Å². The van der Waals surface area contributed by atoms with Crippen LogP contribution in [0.2, 0.25) is 0 Å². The summed E-state index contributed by atoms with van der Waals surface area (Å²) in [5.74, 6) is 1.94. The van der Waals surface area contributed by atoms with E-state index in [2.05, 4.69) is 22.3 Å². The van der Waals surface area contributed by atoms with Gasteiger partial charge in [0.2, 0.25) is 5.91 Å². The van der Waals surface area contributed by atoms with E-state index >= 15 is 0 Å². The van der Waals surface area contributed by atoms with E-state index in [0.29, 0.717) is 12.3 Å². The zero-order valence-electron chi connectivity index (χ0n) is 15.9. The number of benzene rings is 1. The van der Waals surface area contributed by atoms with E-state index < -0.39 is 0 Å². The SMILES string of the molecule is COc1ccc(C2CCCCCN2C(=O)CCC2CCNCC2)cc1.Cl. The van der Waals surface area contributed by atoms with Crippen LogP contribution in [0.15, 0.2) is 24.3 Å². The van der Waals surface area contributed by atoms with Gasteiger partial charge in [0, 0.05) is 13.0 Å². The Morgan fingerprint density at radius 2 is 1.85 bits per heavy atom. The minimum atomic E-state index is 0. The lowest BCUT2D eigenvalue weighted by Gasteiger charge is -2.31. The second-order valence-corrected chi connectivity index (χ2v) is 7.46. The van der Waals surface area contributed by atoms with Crippen molar-refractivity contribution in [3.63, 3.8) is 0 Å². The quantitative estimate of drug-likeness (QED) is 0.826. The lowest BCUT2D eigenvalue weighted by Crippen LogP contribution is -2.35. The molecule has 3 rings (SSSR count). The Labute approximate surface area is 164 Å². The molecule has 2 aliphatic rings. The van der Waals surface area contributed by atoms with Crippen molar-refractivity contribution in [2.24, 2.45) is 5.92 Å². The summed E-state index contributed by atoms with van der Waals surface area (Å²) < 4.78 is 5.28. The van der Waals surface area contributed by atoms with Crippen molar-refractivity contribution in [1.82, 2.24) is 10.2 Å². The molecule has 1 amide bonds. The predicted molar refractivity (Wildman–Crippen MR) is 108 cm³/mol. The molecule has 146 valence electrons. The van der Waals surface area contributed by atoms with Crippen molar-refractivity contribution in [3.05, 3.63) is 29.8 Å². The molecule has 2 heterocycles. The molecule has 0 saturated carbocycles. The molecule has 1 N–H and O–H groups in total. The fourth-order valence-electron chi connectivity index (χ4n) is 4.22. The van der Waals surface area contributed by atoms with Crippen LogP contribution in [-0.4, -0.2) is 37.6 Å². The highest BCUT2D eigenvalue weighted by Gasteiger charge is 2.27. The minimum absolute atomic E-state index is 0. The summed E-state index contributed by atoms with van der Waals surface area (Å²) in [5.41, 5.74) is 1.25. The van der Waals surface area contributed by atoms with E-state index in [-0.39, 0.29) is 18.4 Å². The smallest absolute Gasteiger partial charge is 0.223 e. The monoisotopic (exact) mass is 380 g/mol. The zero-order valence-corrected chi connectivity index (χ0v) is 16.7. The molecule has 0 radical (unpaired) electrons. The molecule has 0 bridgehead atoms. The second kappa shape index (κ2) is 10.8. The summed E-state index contributed by atoms with van der Waals surface area (Å²) in [4.78, 5) is 15.1. The Bertz CT molecular complexity index is 543. The Morgan fingerprint density at radius 1 is 1.12 bits per heavy atom. The van der Waals surface area contributed by atoms with Crippen molar-refractivity contribution in [3.8, 4) is 5.75 Å². The number of amides is 1. The van der Waals surface area contributed by atoms with Gasteiger partial charge in [0.05, 0.1) is 13.2 Å². The first-order valence-electron chi connectivity index (χ1n) is 9.92. The summed E-state index contributed by atoms with van der Waals surface area (Å²) in [6.45, 7) is 3.12. The number of nitrogens with one attached hydrogen (secondary N) is 1. The minimum Gasteiger partial charge on any atom is -0.497 e. The first kappa shape index (κ1) is 21.0. The van der Waals surface area contributed by atoms with Gasteiger partial charge in [-0.15, -0.1) is 12.4 Å². The van der Waals surface area contributed by atoms with Crippen molar-refractivity contribution in [2.75, 3.05) is 26.7 Å². The van der Waals surface area contributed by atoms with Gasteiger partial charge < -0.3 is 15.0 Å². The van der Waals surface area contributed by atoms with Gasteiger partial charge in [-0.25, -0.2) is 0 Å². The van der Waals surface area contributed by atoms with Crippen LogP contribution in [0.1, 0.15) is 63.0 Å². The lowest BCUT2D eigenvalue weighted by molar-refractivity contribution is -0.134. The number of halogens is 1. The molecule has 1 unspecified atom stereocenters. The third kappa shape index (κ3) is 5.62. The number of likely N-dealkylation sites (tertiary alicyclic amines) is 1. The number of methoxy groups -OCH3 is 1. The molecule has 26 heavy (non-hydrogen) atoms. The van der Waals surface area contributed by atoms with Crippen LogP contribution in [0.4, 0.5) is 0 Å². The van der Waals surface area contributed by atoms with Crippen LogP contribution in [-0.2, 0) is 4.79 Å². The topological polar surface area (TPSA) is 41.6 Å². The van der Waals surface area contributed by atoms with Gasteiger partial charge in [-0.2, -0.15) is 0 Å². The average Bonchev–Trinajstić information content (AvgIpc) is 2.93. The van der Waals surface area contributed by atoms with Gasteiger partial charge in [-0.3, -0.25) is 4.79 Å². The van der Waals surface area contributed by atoms with Gasteiger partial charge in [0.1, 0.15) is 5.75 Å². The standard InChI is InChI=1S/C21H32N2O2.ClH/c1-25-19-9-7-18(8-10-19)20-5-3-2-4-16-23(20)21(24)11-6-17-12-14-22-15-13-17;/h7-10,17,20,22H,2-6,11-16H2,1H3;1H. The van der Waals surface area contributed by atoms with E-state index in [9.17, 15) is 4.79 Å². The molecule has 5 heteroatoms. The van der Waals surface area contributed by atoms with Crippen molar-refractivity contribution < 1.29 is 9.53 Å². The highest BCUT2D eigenvalue weighted by Crippen LogP contribution is 2.32. The zero-order chi connectivity index (χ0) is 17.5. The van der Waals surface area contributed by atoms with Gasteiger partial charge >= 0.3 is 0 Å². The molecule has 0 aromatic heterocycles. The fraction of sp³-hybridized carbons (Fsp3) is 0.667.